The van der Waals surface area contributed by atoms with Gasteiger partial charge in [0.15, 0.2) is 14.3 Å². The molecule has 1 heterocycles. The van der Waals surface area contributed by atoms with E-state index in [1.54, 1.807) is 0 Å². The molecule has 0 amide bonds. The van der Waals surface area contributed by atoms with Gasteiger partial charge in [0, 0.05) is 19.5 Å². The van der Waals surface area contributed by atoms with Crippen molar-refractivity contribution < 1.29 is 19.5 Å². The Morgan fingerprint density at radius 3 is 1.10 bits per heavy atom. The first-order valence-corrected chi connectivity index (χ1v) is 3.34. The molecule has 0 fully saturated rings. The molecule has 0 radical (unpaired) electrons. The number of nitrogens with one attached hydrogen (secondary N) is 3. The summed E-state index contributed by atoms with van der Waals surface area (Å²) < 4.78 is 1.34. The summed E-state index contributed by atoms with van der Waals surface area (Å²) in [4.78, 5) is 7.99. The zero-order valence-electron chi connectivity index (χ0n) is 4.93. The summed E-state index contributed by atoms with van der Waals surface area (Å²) in [5, 5.41) is 0. The summed E-state index contributed by atoms with van der Waals surface area (Å²) >= 11 is 14.2. The van der Waals surface area contributed by atoms with Crippen molar-refractivity contribution in [2.75, 3.05) is 0 Å². The normalized spacial score (nSPS) is 8.40. The molecule has 0 aliphatic carbocycles. The van der Waals surface area contributed by atoms with Crippen LogP contribution in [-0.4, -0.2) is 15.0 Å². The van der Waals surface area contributed by atoms with Gasteiger partial charge in [0.2, 0.25) is 0 Å². The van der Waals surface area contributed by atoms with Crippen molar-refractivity contribution in [2.45, 2.75) is 0 Å². The zero-order valence-corrected chi connectivity index (χ0v) is 10.3. The largest absolute Gasteiger partial charge is 0.309 e. The van der Waals surface area contributed by atoms with Gasteiger partial charge in [-0.3, -0.25) is 0 Å². The van der Waals surface area contributed by atoms with Crippen LogP contribution in [0.2, 0.25) is 0 Å². The minimum absolute atomic E-state index is 0. The average molecular weight is 243 g/mol. The summed E-state index contributed by atoms with van der Waals surface area (Å²) in [6, 6.07) is 0. The van der Waals surface area contributed by atoms with Crippen LogP contribution in [0.25, 0.3) is 0 Å². The van der Waals surface area contributed by atoms with E-state index in [2.05, 4.69) is 15.0 Å². The zero-order chi connectivity index (χ0) is 6.85. The van der Waals surface area contributed by atoms with Crippen LogP contribution in [0.3, 0.4) is 0 Å². The molecule has 50 valence electrons. The van der Waals surface area contributed by atoms with Gasteiger partial charge in [-0.1, -0.05) is 0 Å². The fraction of sp³-hybridized carbons (Fsp3) is 0. The third kappa shape index (κ3) is 2.92. The summed E-state index contributed by atoms with van der Waals surface area (Å²) in [6.45, 7) is 0. The summed E-state index contributed by atoms with van der Waals surface area (Å²) in [7, 11) is 0. The number of aromatic nitrogens is 3. The van der Waals surface area contributed by atoms with Gasteiger partial charge >= 0.3 is 0 Å². The molecule has 10 heavy (non-hydrogen) atoms. The monoisotopic (exact) mass is 241 g/mol. The maximum absolute atomic E-state index is 4.72. The van der Waals surface area contributed by atoms with E-state index in [9.17, 15) is 0 Å². The van der Waals surface area contributed by atoms with E-state index in [1.807, 2.05) is 0 Å². The molecule has 3 N–H and O–H groups in total. The second kappa shape index (κ2) is 4.23. The van der Waals surface area contributed by atoms with Gasteiger partial charge < -0.3 is 15.0 Å². The summed E-state index contributed by atoms with van der Waals surface area (Å²) in [5.74, 6) is 0. The molecule has 0 aliphatic rings. The van der Waals surface area contributed by atoms with Crippen molar-refractivity contribution in [1.82, 2.24) is 15.0 Å². The van der Waals surface area contributed by atoms with Crippen molar-refractivity contribution in [3.63, 3.8) is 0 Å². The quantitative estimate of drug-likeness (QED) is 0.481. The third-order valence-electron chi connectivity index (χ3n) is 0.681. The van der Waals surface area contributed by atoms with Gasteiger partial charge in [-0.05, 0) is 36.7 Å². The predicted octanol–water partition coefficient (Wildman–Crippen LogP) is 1.86. The van der Waals surface area contributed by atoms with Crippen LogP contribution in [0.4, 0.5) is 0 Å². The molecule has 1 aromatic heterocycles. The second-order valence-corrected chi connectivity index (χ2v) is 2.59. The fourth-order valence-corrected chi connectivity index (χ4v) is 1.21. The Morgan fingerprint density at radius 1 is 0.700 bits per heavy atom. The average Bonchev–Trinajstić information content (AvgIpc) is 1.59. The van der Waals surface area contributed by atoms with E-state index in [-0.39, 0.29) is 19.5 Å². The number of hydrogen-bond donors (Lipinski definition) is 3. The van der Waals surface area contributed by atoms with Crippen molar-refractivity contribution in [1.29, 1.82) is 0 Å². The van der Waals surface area contributed by atoms with Gasteiger partial charge in [0.1, 0.15) is 0 Å². The minimum Gasteiger partial charge on any atom is -0.309 e. The Bertz CT molecular complexity index is 281. The molecule has 0 aromatic carbocycles. The van der Waals surface area contributed by atoms with Gasteiger partial charge in [-0.25, -0.2) is 0 Å². The fourth-order valence-electron chi connectivity index (χ4n) is 0.403. The van der Waals surface area contributed by atoms with Crippen molar-refractivity contribution in [2.24, 2.45) is 0 Å². The molecular formula is C3H3N3S3Zn. The van der Waals surface area contributed by atoms with Crippen LogP contribution in [0.5, 0.6) is 0 Å². The van der Waals surface area contributed by atoms with Crippen LogP contribution in [-0.2, 0) is 19.5 Å². The minimum atomic E-state index is 0. The van der Waals surface area contributed by atoms with Crippen LogP contribution in [0.15, 0.2) is 0 Å². The van der Waals surface area contributed by atoms with Gasteiger partial charge in [-0.15, -0.1) is 0 Å². The molecule has 0 atom stereocenters. The second-order valence-electron chi connectivity index (χ2n) is 1.36. The van der Waals surface area contributed by atoms with E-state index >= 15 is 0 Å². The Kier molecular flexibility index (Phi) is 4.35. The molecule has 0 aliphatic heterocycles. The van der Waals surface area contributed by atoms with Gasteiger partial charge in [-0.2, -0.15) is 0 Å². The number of rotatable bonds is 0. The Hall–Kier alpha value is 0.293. The molecule has 0 saturated heterocycles. The first-order chi connectivity index (χ1) is 4.18. The molecule has 0 spiro atoms. The van der Waals surface area contributed by atoms with Crippen LogP contribution < -0.4 is 0 Å². The topological polar surface area (TPSA) is 47.4 Å². The van der Waals surface area contributed by atoms with Crippen LogP contribution >= 0.6 is 36.7 Å². The predicted molar refractivity (Wildman–Crippen MR) is 42.0 cm³/mol. The smallest absolute Gasteiger partial charge is 0.178 e. The van der Waals surface area contributed by atoms with E-state index in [4.69, 9.17) is 36.7 Å². The molecule has 0 saturated carbocycles. The molecule has 1 rings (SSSR count). The standard InChI is InChI=1S/C3H3N3S3.Zn/c7-1-4-2(8)6-3(9)5-1;/h(H3,4,5,6,7,8,9);. The molecule has 3 nitrogen and oxygen atoms in total. The maximum atomic E-state index is 4.72. The molecular weight excluding hydrogens is 240 g/mol. The van der Waals surface area contributed by atoms with Crippen molar-refractivity contribution in [3.05, 3.63) is 14.3 Å². The number of H-pyrrole nitrogens is 3. The van der Waals surface area contributed by atoms with Gasteiger partial charge in [0.25, 0.3) is 0 Å². The van der Waals surface area contributed by atoms with E-state index in [1.165, 1.54) is 0 Å². The molecule has 7 heteroatoms. The molecule has 0 bridgehead atoms. The SMILES string of the molecule is S=c1[nH]c(=S)[nH]c(=S)[nH]1.[Zn]. The summed E-state index contributed by atoms with van der Waals surface area (Å²) in [5.41, 5.74) is 0. The Labute approximate surface area is 85.1 Å². The van der Waals surface area contributed by atoms with E-state index < -0.39 is 0 Å². The Morgan fingerprint density at radius 2 is 0.900 bits per heavy atom. The van der Waals surface area contributed by atoms with E-state index in [0.29, 0.717) is 14.3 Å². The number of aromatic amines is 3. The van der Waals surface area contributed by atoms with Crippen LogP contribution in [0, 0.1) is 14.3 Å². The van der Waals surface area contributed by atoms with Gasteiger partial charge in [0.05, 0.1) is 0 Å². The molecule has 0 unspecified atom stereocenters. The summed E-state index contributed by atoms with van der Waals surface area (Å²) in [6.07, 6.45) is 0. The first-order valence-electron chi connectivity index (χ1n) is 2.11. The van der Waals surface area contributed by atoms with E-state index in [0.717, 1.165) is 0 Å². The third-order valence-corrected chi connectivity index (χ3v) is 1.29. The van der Waals surface area contributed by atoms with Crippen LogP contribution in [0.1, 0.15) is 0 Å². The van der Waals surface area contributed by atoms with Crippen molar-refractivity contribution >= 4 is 36.7 Å². The molecule has 1 aromatic rings. The Balaban J connectivity index is 0.000000810. The van der Waals surface area contributed by atoms with Crippen molar-refractivity contribution in [3.8, 4) is 0 Å². The first kappa shape index (κ1) is 10.3. The maximum Gasteiger partial charge on any atom is 0.178 e. The number of hydrogen-bond acceptors (Lipinski definition) is 3.